The van der Waals surface area contributed by atoms with Gasteiger partial charge in [-0.1, -0.05) is 24.3 Å². The lowest BCUT2D eigenvalue weighted by atomic mass is 10.2. The second-order valence-electron chi connectivity index (χ2n) is 4.72. The SMILES string of the molecule is COCc1ccccc1NC(N)=NCc1ccc(C)nc1.I. The molecule has 0 atom stereocenters. The lowest BCUT2D eigenvalue weighted by Gasteiger charge is -2.10. The van der Waals surface area contributed by atoms with Gasteiger partial charge in [0.2, 0.25) is 0 Å². The molecule has 0 aliphatic heterocycles. The first-order valence-electron chi connectivity index (χ1n) is 6.74. The van der Waals surface area contributed by atoms with Gasteiger partial charge in [0.25, 0.3) is 0 Å². The summed E-state index contributed by atoms with van der Waals surface area (Å²) < 4.78 is 5.16. The van der Waals surface area contributed by atoms with Crippen LogP contribution in [0.1, 0.15) is 16.8 Å². The fraction of sp³-hybridized carbons (Fsp3) is 0.250. The Balaban J connectivity index is 0.00000242. The molecule has 6 heteroatoms. The monoisotopic (exact) mass is 412 g/mol. The van der Waals surface area contributed by atoms with Crippen molar-refractivity contribution >= 4 is 35.6 Å². The van der Waals surface area contributed by atoms with Gasteiger partial charge in [0.05, 0.1) is 13.2 Å². The Labute approximate surface area is 148 Å². The van der Waals surface area contributed by atoms with E-state index in [1.165, 1.54) is 0 Å². The number of anilines is 1. The molecule has 0 radical (unpaired) electrons. The van der Waals surface area contributed by atoms with Gasteiger partial charge in [0, 0.05) is 30.3 Å². The molecule has 0 saturated heterocycles. The minimum atomic E-state index is 0. The zero-order valence-corrected chi connectivity index (χ0v) is 15.1. The molecular formula is C16H21IN4O. The molecule has 0 aliphatic carbocycles. The molecule has 2 aromatic rings. The number of rotatable bonds is 5. The minimum Gasteiger partial charge on any atom is -0.380 e. The van der Waals surface area contributed by atoms with E-state index in [0.29, 0.717) is 19.1 Å². The van der Waals surface area contributed by atoms with E-state index in [1.54, 1.807) is 7.11 Å². The first-order valence-corrected chi connectivity index (χ1v) is 6.74. The molecule has 1 heterocycles. The van der Waals surface area contributed by atoms with Crippen molar-refractivity contribution in [2.24, 2.45) is 10.7 Å². The van der Waals surface area contributed by atoms with Crippen molar-refractivity contribution in [3.05, 3.63) is 59.4 Å². The summed E-state index contributed by atoms with van der Waals surface area (Å²) in [6.07, 6.45) is 1.81. The predicted molar refractivity (Wildman–Crippen MR) is 100 cm³/mol. The molecule has 0 aliphatic rings. The summed E-state index contributed by atoms with van der Waals surface area (Å²) >= 11 is 0. The first kappa shape index (κ1) is 18.4. The van der Waals surface area contributed by atoms with E-state index in [2.05, 4.69) is 15.3 Å². The average molecular weight is 412 g/mol. The van der Waals surface area contributed by atoms with E-state index < -0.39 is 0 Å². The number of hydrogen-bond acceptors (Lipinski definition) is 3. The van der Waals surface area contributed by atoms with Crippen molar-refractivity contribution in [3.63, 3.8) is 0 Å². The van der Waals surface area contributed by atoms with Gasteiger partial charge in [-0.15, -0.1) is 24.0 Å². The van der Waals surface area contributed by atoms with Gasteiger partial charge < -0.3 is 15.8 Å². The highest BCUT2D eigenvalue weighted by atomic mass is 127. The summed E-state index contributed by atoms with van der Waals surface area (Å²) in [4.78, 5) is 8.56. The van der Waals surface area contributed by atoms with Gasteiger partial charge in [0.15, 0.2) is 5.96 Å². The van der Waals surface area contributed by atoms with Crippen LogP contribution in [0.3, 0.4) is 0 Å². The first-order chi connectivity index (χ1) is 10.2. The maximum absolute atomic E-state index is 5.93. The summed E-state index contributed by atoms with van der Waals surface area (Å²) in [6.45, 7) is 2.98. The normalized spacial score (nSPS) is 10.9. The van der Waals surface area contributed by atoms with Crippen LogP contribution in [0, 0.1) is 6.92 Å². The van der Waals surface area contributed by atoms with Crippen LogP contribution in [0.5, 0.6) is 0 Å². The Morgan fingerprint density at radius 2 is 2.05 bits per heavy atom. The summed E-state index contributed by atoms with van der Waals surface area (Å²) in [6, 6.07) is 11.8. The molecule has 0 bridgehead atoms. The van der Waals surface area contributed by atoms with Gasteiger partial charge in [-0.25, -0.2) is 4.99 Å². The lowest BCUT2D eigenvalue weighted by molar-refractivity contribution is 0.185. The van der Waals surface area contributed by atoms with Crippen LogP contribution < -0.4 is 11.1 Å². The topological polar surface area (TPSA) is 72.5 Å². The second-order valence-corrected chi connectivity index (χ2v) is 4.72. The van der Waals surface area contributed by atoms with E-state index in [1.807, 2.05) is 49.5 Å². The third kappa shape index (κ3) is 5.61. The van der Waals surface area contributed by atoms with Crippen molar-refractivity contribution in [1.29, 1.82) is 0 Å². The van der Waals surface area contributed by atoms with E-state index >= 15 is 0 Å². The maximum Gasteiger partial charge on any atom is 0.193 e. The Bertz CT molecular complexity index is 614. The number of benzene rings is 1. The zero-order chi connectivity index (χ0) is 15.1. The van der Waals surface area contributed by atoms with Gasteiger partial charge in [0.1, 0.15) is 0 Å². The highest BCUT2D eigenvalue weighted by molar-refractivity contribution is 14.0. The molecule has 5 nitrogen and oxygen atoms in total. The summed E-state index contributed by atoms with van der Waals surface area (Å²) in [5.74, 6) is 0.374. The quantitative estimate of drug-likeness (QED) is 0.450. The molecule has 0 spiro atoms. The molecular weight excluding hydrogens is 391 g/mol. The van der Waals surface area contributed by atoms with Crippen molar-refractivity contribution in [2.75, 3.05) is 12.4 Å². The number of aryl methyl sites for hydroxylation is 1. The van der Waals surface area contributed by atoms with E-state index in [0.717, 1.165) is 22.5 Å². The van der Waals surface area contributed by atoms with Crippen LogP contribution in [-0.2, 0) is 17.9 Å². The molecule has 2 rings (SSSR count). The number of para-hydroxylation sites is 1. The van der Waals surface area contributed by atoms with Crippen LogP contribution in [0.25, 0.3) is 0 Å². The Morgan fingerprint density at radius 3 is 2.73 bits per heavy atom. The third-order valence-electron chi connectivity index (χ3n) is 2.98. The second kappa shape index (κ2) is 9.37. The highest BCUT2D eigenvalue weighted by Crippen LogP contribution is 2.15. The summed E-state index contributed by atoms with van der Waals surface area (Å²) in [5.41, 5.74) is 9.88. The number of halogens is 1. The number of nitrogens with zero attached hydrogens (tertiary/aromatic N) is 2. The van der Waals surface area contributed by atoms with Gasteiger partial charge >= 0.3 is 0 Å². The van der Waals surface area contributed by atoms with Crippen LogP contribution >= 0.6 is 24.0 Å². The molecule has 22 heavy (non-hydrogen) atoms. The number of hydrogen-bond donors (Lipinski definition) is 2. The van der Waals surface area contributed by atoms with Crippen molar-refractivity contribution in [2.45, 2.75) is 20.1 Å². The fourth-order valence-corrected chi connectivity index (χ4v) is 1.87. The summed E-state index contributed by atoms with van der Waals surface area (Å²) in [5, 5.41) is 3.10. The lowest BCUT2D eigenvalue weighted by Crippen LogP contribution is -2.23. The van der Waals surface area contributed by atoms with Gasteiger partial charge in [-0.2, -0.15) is 0 Å². The van der Waals surface area contributed by atoms with Gasteiger partial charge in [-0.3, -0.25) is 4.98 Å². The number of pyridine rings is 1. The van der Waals surface area contributed by atoms with Crippen LogP contribution in [0.2, 0.25) is 0 Å². The smallest absolute Gasteiger partial charge is 0.193 e. The van der Waals surface area contributed by atoms with Gasteiger partial charge in [-0.05, 0) is 24.6 Å². The van der Waals surface area contributed by atoms with Crippen LogP contribution in [0.15, 0.2) is 47.6 Å². The predicted octanol–water partition coefficient (Wildman–Crippen LogP) is 3.08. The fourth-order valence-electron chi connectivity index (χ4n) is 1.87. The third-order valence-corrected chi connectivity index (χ3v) is 2.98. The van der Waals surface area contributed by atoms with Crippen LogP contribution in [0.4, 0.5) is 5.69 Å². The Morgan fingerprint density at radius 1 is 1.27 bits per heavy atom. The molecule has 0 fully saturated rings. The van der Waals surface area contributed by atoms with Crippen molar-refractivity contribution in [1.82, 2.24) is 4.98 Å². The number of nitrogens with two attached hydrogens (primary N) is 1. The number of nitrogens with one attached hydrogen (secondary N) is 1. The van der Waals surface area contributed by atoms with Crippen molar-refractivity contribution in [3.8, 4) is 0 Å². The standard InChI is InChI=1S/C16H20N4O.HI/c1-12-7-8-13(9-18-12)10-19-16(17)20-15-6-4-3-5-14(15)11-21-2;/h3-9H,10-11H2,1-2H3,(H3,17,19,20);1H. The minimum absolute atomic E-state index is 0. The Kier molecular flexibility index (Phi) is 7.83. The van der Waals surface area contributed by atoms with E-state index in [9.17, 15) is 0 Å². The Hall–Kier alpha value is -1.67. The van der Waals surface area contributed by atoms with Crippen LogP contribution in [-0.4, -0.2) is 18.1 Å². The van der Waals surface area contributed by atoms with E-state index in [4.69, 9.17) is 10.5 Å². The molecule has 3 N–H and O–H groups in total. The molecule has 0 amide bonds. The number of methoxy groups -OCH3 is 1. The molecule has 118 valence electrons. The number of ether oxygens (including phenoxy) is 1. The zero-order valence-electron chi connectivity index (χ0n) is 12.7. The number of aliphatic imine (C=N–C) groups is 1. The van der Waals surface area contributed by atoms with Crippen molar-refractivity contribution < 1.29 is 4.74 Å². The summed E-state index contributed by atoms with van der Waals surface area (Å²) in [7, 11) is 1.67. The molecule has 1 aromatic carbocycles. The number of guanidine groups is 1. The highest BCUT2D eigenvalue weighted by Gasteiger charge is 2.02. The molecule has 1 aromatic heterocycles. The molecule has 0 unspecified atom stereocenters. The number of aromatic nitrogens is 1. The average Bonchev–Trinajstić information content (AvgIpc) is 2.49. The van der Waals surface area contributed by atoms with E-state index in [-0.39, 0.29) is 24.0 Å². The maximum atomic E-state index is 5.93. The molecule has 0 saturated carbocycles. The largest absolute Gasteiger partial charge is 0.380 e.